The maximum atomic E-state index is 11.3. The summed E-state index contributed by atoms with van der Waals surface area (Å²) in [4.78, 5) is 11.3. The average molecular weight is 227 g/mol. The van der Waals surface area contributed by atoms with Crippen LogP contribution in [0, 0.1) is 0 Å². The lowest BCUT2D eigenvalue weighted by Gasteiger charge is -2.07. The first-order valence-electron chi connectivity index (χ1n) is 5.18. The van der Waals surface area contributed by atoms with Crippen molar-refractivity contribution < 1.29 is 4.79 Å². The molecule has 0 saturated heterocycles. The van der Waals surface area contributed by atoms with Crippen LogP contribution in [0.4, 0.5) is 5.69 Å². The van der Waals surface area contributed by atoms with E-state index in [2.05, 4.69) is 5.43 Å². The number of nitrogen functional groups attached to an aromatic ring is 2. The fourth-order valence-electron chi connectivity index (χ4n) is 1.67. The second-order valence-electron chi connectivity index (χ2n) is 3.64. The van der Waals surface area contributed by atoms with Gasteiger partial charge in [0.15, 0.2) is 0 Å². The number of hydrazine groups is 1. The lowest BCUT2D eigenvalue weighted by Crippen LogP contribution is -2.29. The van der Waals surface area contributed by atoms with Crippen molar-refractivity contribution in [3.63, 3.8) is 0 Å². The summed E-state index contributed by atoms with van der Waals surface area (Å²) in [5.74, 6) is 4.71. The van der Waals surface area contributed by atoms with Crippen LogP contribution in [0.15, 0.2) is 48.5 Å². The van der Waals surface area contributed by atoms with Crippen molar-refractivity contribution in [2.24, 2.45) is 5.84 Å². The molecule has 4 nitrogen and oxygen atoms in total. The molecule has 0 unspecified atom stereocenters. The van der Waals surface area contributed by atoms with Gasteiger partial charge in [-0.3, -0.25) is 10.2 Å². The van der Waals surface area contributed by atoms with Crippen molar-refractivity contribution in [1.29, 1.82) is 0 Å². The highest BCUT2D eigenvalue weighted by Crippen LogP contribution is 2.26. The molecule has 0 atom stereocenters. The van der Waals surface area contributed by atoms with Gasteiger partial charge in [0, 0.05) is 16.8 Å². The number of benzene rings is 2. The van der Waals surface area contributed by atoms with Gasteiger partial charge in [-0.2, -0.15) is 0 Å². The molecule has 0 saturated carbocycles. The number of nitrogens with one attached hydrogen (secondary N) is 1. The quantitative estimate of drug-likeness (QED) is 0.315. The lowest BCUT2D eigenvalue weighted by atomic mass is 10.0. The predicted octanol–water partition coefficient (Wildman–Crippen LogP) is 1.54. The zero-order valence-electron chi connectivity index (χ0n) is 9.18. The molecule has 4 heteroatoms. The molecule has 1 amide bonds. The first kappa shape index (κ1) is 11.2. The van der Waals surface area contributed by atoms with Gasteiger partial charge in [-0.1, -0.05) is 36.4 Å². The van der Waals surface area contributed by atoms with E-state index in [4.69, 9.17) is 11.6 Å². The minimum absolute atomic E-state index is 0.351. The molecule has 0 aliphatic heterocycles. The number of anilines is 1. The third-order valence-electron chi connectivity index (χ3n) is 2.53. The molecule has 2 rings (SSSR count). The number of rotatable bonds is 2. The third-order valence-corrected chi connectivity index (χ3v) is 2.53. The summed E-state index contributed by atoms with van der Waals surface area (Å²) in [6.07, 6.45) is 0. The normalized spacial score (nSPS) is 9.94. The molecule has 0 aromatic heterocycles. The topological polar surface area (TPSA) is 81.1 Å². The monoisotopic (exact) mass is 227 g/mol. The van der Waals surface area contributed by atoms with Crippen molar-refractivity contribution in [2.75, 3.05) is 5.73 Å². The molecule has 86 valence electrons. The van der Waals surface area contributed by atoms with E-state index in [0.29, 0.717) is 11.3 Å². The van der Waals surface area contributed by atoms with Crippen LogP contribution in [0.1, 0.15) is 10.4 Å². The van der Waals surface area contributed by atoms with Gasteiger partial charge in [-0.25, -0.2) is 5.84 Å². The molecule has 0 aliphatic carbocycles. The van der Waals surface area contributed by atoms with Crippen LogP contribution in [-0.4, -0.2) is 5.91 Å². The van der Waals surface area contributed by atoms with Crippen molar-refractivity contribution in [3.05, 3.63) is 54.1 Å². The van der Waals surface area contributed by atoms with E-state index in [9.17, 15) is 4.79 Å². The molecule has 5 N–H and O–H groups in total. The summed E-state index contributed by atoms with van der Waals surface area (Å²) >= 11 is 0. The van der Waals surface area contributed by atoms with Crippen molar-refractivity contribution >= 4 is 11.6 Å². The summed E-state index contributed by atoms with van der Waals surface area (Å²) in [6.45, 7) is 0. The van der Waals surface area contributed by atoms with Crippen LogP contribution in [0.3, 0.4) is 0 Å². The SMILES string of the molecule is NNC(=O)c1ccc(-c2ccccc2)c(N)c1. The Morgan fingerprint density at radius 3 is 2.35 bits per heavy atom. The number of nitrogens with two attached hydrogens (primary N) is 2. The fourth-order valence-corrected chi connectivity index (χ4v) is 1.67. The van der Waals surface area contributed by atoms with E-state index in [1.807, 2.05) is 36.4 Å². The number of hydrogen-bond donors (Lipinski definition) is 3. The summed E-state index contributed by atoms with van der Waals surface area (Å²) in [7, 11) is 0. The first-order chi connectivity index (χ1) is 8.22. The zero-order chi connectivity index (χ0) is 12.3. The molecule has 2 aromatic carbocycles. The molecular weight excluding hydrogens is 214 g/mol. The summed E-state index contributed by atoms with van der Waals surface area (Å²) in [6, 6.07) is 14.9. The fraction of sp³-hybridized carbons (Fsp3) is 0. The second kappa shape index (κ2) is 4.67. The van der Waals surface area contributed by atoms with E-state index in [0.717, 1.165) is 11.1 Å². The number of carbonyl (C=O) groups is 1. The van der Waals surface area contributed by atoms with Crippen molar-refractivity contribution in [2.45, 2.75) is 0 Å². The van der Waals surface area contributed by atoms with Gasteiger partial charge in [0.1, 0.15) is 0 Å². The second-order valence-corrected chi connectivity index (χ2v) is 3.64. The highest BCUT2D eigenvalue weighted by Gasteiger charge is 2.07. The van der Waals surface area contributed by atoms with Crippen LogP contribution < -0.4 is 17.0 Å². The predicted molar refractivity (Wildman–Crippen MR) is 67.9 cm³/mol. The van der Waals surface area contributed by atoms with E-state index < -0.39 is 0 Å². The minimum Gasteiger partial charge on any atom is -0.398 e. The van der Waals surface area contributed by atoms with E-state index in [-0.39, 0.29) is 5.91 Å². The highest BCUT2D eigenvalue weighted by atomic mass is 16.2. The maximum absolute atomic E-state index is 11.3. The van der Waals surface area contributed by atoms with Crippen molar-refractivity contribution in [3.8, 4) is 11.1 Å². The number of carbonyl (C=O) groups excluding carboxylic acids is 1. The van der Waals surface area contributed by atoms with E-state index in [1.54, 1.807) is 12.1 Å². The summed E-state index contributed by atoms with van der Waals surface area (Å²) < 4.78 is 0. The van der Waals surface area contributed by atoms with Gasteiger partial charge in [-0.05, 0) is 17.7 Å². The Labute approximate surface area is 99.2 Å². The highest BCUT2D eigenvalue weighted by molar-refractivity contribution is 5.96. The van der Waals surface area contributed by atoms with Gasteiger partial charge in [0.05, 0.1) is 0 Å². The maximum Gasteiger partial charge on any atom is 0.265 e. The Bertz CT molecular complexity index is 538. The van der Waals surface area contributed by atoms with Crippen LogP contribution >= 0.6 is 0 Å². The van der Waals surface area contributed by atoms with Gasteiger partial charge < -0.3 is 5.73 Å². The van der Waals surface area contributed by atoms with Gasteiger partial charge >= 0.3 is 0 Å². The van der Waals surface area contributed by atoms with Crippen LogP contribution in [-0.2, 0) is 0 Å². The number of hydrogen-bond acceptors (Lipinski definition) is 3. The Hall–Kier alpha value is -2.33. The third kappa shape index (κ3) is 2.26. The molecule has 17 heavy (non-hydrogen) atoms. The molecule has 0 bridgehead atoms. The Kier molecular flexibility index (Phi) is 3.07. The summed E-state index contributed by atoms with van der Waals surface area (Å²) in [5.41, 5.74) is 10.9. The molecule has 0 aliphatic rings. The molecule has 0 fully saturated rings. The minimum atomic E-state index is -0.351. The Balaban J connectivity index is 2.42. The zero-order valence-corrected chi connectivity index (χ0v) is 9.18. The molecule has 0 heterocycles. The smallest absolute Gasteiger partial charge is 0.265 e. The van der Waals surface area contributed by atoms with Gasteiger partial charge in [0.2, 0.25) is 0 Å². The lowest BCUT2D eigenvalue weighted by molar-refractivity contribution is 0.0953. The Morgan fingerprint density at radius 2 is 1.76 bits per heavy atom. The largest absolute Gasteiger partial charge is 0.398 e. The van der Waals surface area contributed by atoms with Crippen LogP contribution in [0.5, 0.6) is 0 Å². The van der Waals surface area contributed by atoms with Gasteiger partial charge in [0.25, 0.3) is 5.91 Å². The van der Waals surface area contributed by atoms with E-state index in [1.165, 1.54) is 0 Å². The number of amides is 1. The first-order valence-corrected chi connectivity index (χ1v) is 5.18. The van der Waals surface area contributed by atoms with Gasteiger partial charge in [-0.15, -0.1) is 0 Å². The average Bonchev–Trinajstić information content (AvgIpc) is 2.38. The molecule has 0 radical (unpaired) electrons. The van der Waals surface area contributed by atoms with Crippen LogP contribution in [0.2, 0.25) is 0 Å². The standard InChI is InChI=1S/C13H13N3O/c14-12-8-10(13(17)16-15)6-7-11(12)9-4-2-1-3-5-9/h1-8H,14-15H2,(H,16,17). The Morgan fingerprint density at radius 1 is 1.06 bits per heavy atom. The van der Waals surface area contributed by atoms with Crippen molar-refractivity contribution in [1.82, 2.24) is 5.43 Å². The molecule has 0 spiro atoms. The molecule has 2 aromatic rings. The molecular formula is C13H13N3O. The van der Waals surface area contributed by atoms with Crippen LogP contribution in [0.25, 0.3) is 11.1 Å². The van der Waals surface area contributed by atoms with E-state index >= 15 is 0 Å². The summed E-state index contributed by atoms with van der Waals surface area (Å²) in [5, 5.41) is 0.